The van der Waals surface area contributed by atoms with Gasteiger partial charge in [0.1, 0.15) is 11.6 Å². The lowest BCUT2D eigenvalue weighted by Crippen LogP contribution is -2.33. The van der Waals surface area contributed by atoms with Gasteiger partial charge in [-0.1, -0.05) is 36.8 Å². The summed E-state index contributed by atoms with van der Waals surface area (Å²) < 4.78 is 90.4. The predicted octanol–water partition coefficient (Wildman–Crippen LogP) is 8.42. The maximum absolute atomic E-state index is 14.4. The van der Waals surface area contributed by atoms with E-state index in [1.54, 1.807) is 13.8 Å². The Bertz CT molecular complexity index is 1010. The Balaban J connectivity index is 2.56. The molecular weight excluding hydrogens is 458 g/mol. The van der Waals surface area contributed by atoms with Gasteiger partial charge in [0.2, 0.25) is 0 Å². The minimum Gasteiger partial charge on any atom is -0.488 e. The zero-order valence-electron chi connectivity index (χ0n) is 19.4. The molecule has 0 amide bonds. The van der Waals surface area contributed by atoms with Crippen LogP contribution in [0.5, 0.6) is 11.5 Å². The number of halogens is 6. The number of benzene rings is 2. The second kappa shape index (κ2) is 12.0. The number of ether oxygens (including phenoxy) is 2. The van der Waals surface area contributed by atoms with Gasteiger partial charge in [-0.25, -0.2) is 8.78 Å². The zero-order valence-corrected chi connectivity index (χ0v) is 19.4. The molecule has 2 aromatic carbocycles. The fourth-order valence-electron chi connectivity index (χ4n) is 3.31. The summed E-state index contributed by atoms with van der Waals surface area (Å²) in [5.74, 6) is -2.90. The largest absolute Gasteiger partial charge is 0.488 e. The fraction of sp³-hybridized carbons (Fsp3) is 0.385. The van der Waals surface area contributed by atoms with Crippen molar-refractivity contribution < 1.29 is 35.8 Å². The Kier molecular flexibility index (Phi) is 9.65. The molecule has 0 aromatic heterocycles. The van der Waals surface area contributed by atoms with Crippen LogP contribution in [0.15, 0.2) is 60.2 Å². The van der Waals surface area contributed by atoms with E-state index < -0.39 is 35.8 Å². The second-order valence-corrected chi connectivity index (χ2v) is 8.15. The Morgan fingerprint density at radius 1 is 1.03 bits per heavy atom. The Morgan fingerprint density at radius 3 is 2.35 bits per heavy atom. The fourth-order valence-corrected chi connectivity index (χ4v) is 3.31. The van der Waals surface area contributed by atoms with E-state index in [9.17, 15) is 26.3 Å². The summed E-state index contributed by atoms with van der Waals surface area (Å²) in [5, 5.41) is 0. The zero-order chi connectivity index (χ0) is 25.5. The monoisotopic (exact) mass is 486 g/mol. The minimum absolute atomic E-state index is 0.0119. The topological polar surface area (TPSA) is 18.5 Å². The summed E-state index contributed by atoms with van der Waals surface area (Å²) in [6.45, 7) is 7.27. The van der Waals surface area contributed by atoms with Gasteiger partial charge in [0.25, 0.3) is 0 Å². The van der Waals surface area contributed by atoms with E-state index >= 15 is 0 Å². The third-order valence-corrected chi connectivity index (χ3v) is 4.80. The highest BCUT2D eigenvalue weighted by Gasteiger charge is 2.44. The molecule has 0 aliphatic carbocycles. The molecule has 186 valence electrons. The van der Waals surface area contributed by atoms with E-state index in [1.807, 2.05) is 32.1 Å². The first-order valence-electron chi connectivity index (χ1n) is 10.9. The van der Waals surface area contributed by atoms with Gasteiger partial charge in [0.05, 0.1) is 6.10 Å². The van der Waals surface area contributed by atoms with E-state index in [0.717, 1.165) is 24.1 Å². The van der Waals surface area contributed by atoms with E-state index in [4.69, 9.17) is 4.74 Å². The van der Waals surface area contributed by atoms with Crippen LogP contribution in [0.4, 0.5) is 26.3 Å². The molecule has 0 fully saturated rings. The third kappa shape index (κ3) is 7.85. The molecule has 8 heteroatoms. The average Bonchev–Trinajstić information content (AvgIpc) is 2.72. The Labute approximate surface area is 195 Å². The maximum atomic E-state index is 14.4. The first kappa shape index (κ1) is 27.3. The maximum Gasteiger partial charge on any atom is 0.461 e. The molecule has 2 nitrogen and oxygen atoms in total. The Hall–Kier alpha value is -2.90. The van der Waals surface area contributed by atoms with Crippen LogP contribution in [0, 0.1) is 11.6 Å². The SMILES string of the molecule is CC/C=C\C=C(C)C[C@@H](c1cc(F)cc(OC(F)(F)C(F)F)c1)c1ccc(F)c(OC(C)C)c1. The van der Waals surface area contributed by atoms with Gasteiger partial charge in [-0.05, 0) is 69.0 Å². The van der Waals surface area contributed by atoms with Gasteiger partial charge in [-0.2, -0.15) is 17.6 Å². The quantitative estimate of drug-likeness (QED) is 0.234. The highest BCUT2D eigenvalue weighted by atomic mass is 19.3. The number of hydrogen-bond acceptors (Lipinski definition) is 2. The minimum atomic E-state index is -4.78. The molecule has 2 aromatic rings. The van der Waals surface area contributed by atoms with Crippen molar-refractivity contribution in [2.24, 2.45) is 0 Å². The molecule has 0 bridgehead atoms. The van der Waals surface area contributed by atoms with Gasteiger partial charge < -0.3 is 9.47 Å². The van der Waals surface area contributed by atoms with Crippen molar-refractivity contribution in [2.45, 2.75) is 65.1 Å². The van der Waals surface area contributed by atoms with Crippen molar-refractivity contribution in [3.63, 3.8) is 0 Å². The van der Waals surface area contributed by atoms with Crippen LogP contribution in [0.25, 0.3) is 0 Å². The van der Waals surface area contributed by atoms with Crippen LogP contribution in [-0.2, 0) is 0 Å². The summed E-state index contributed by atoms with van der Waals surface area (Å²) in [7, 11) is 0. The number of alkyl halides is 4. The van der Waals surface area contributed by atoms with E-state index in [1.165, 1.54) is 18.2 Å². The normalized spacial score (nSPS) is 13.7. The van der Waals surface area contributed by atoms with E-state index in [-0.39, 0.29) is 17.4 Å². The number of allylic oxidation sites excluding steroid dienone is 4. The highest BCUT2D eigenvalue weighted by Crippen LogP contribution is 2.37. The van der Waals surface area contributed by atoms with Crippen LogP contribution in [-0.4, -0.2) is 18.6 Å². The summed E-state index contributed by atoms with van der Waals surface area (Å²) >= 11 is 0. The van der Waals surface area contributed by atoms with Gasteiger partial charge >= 0.3 is 12.5 Å². The lowest BCUT2D eigenvalue weighted by Gasteiger charge is -2.22. The molecule has 0 N–H and O–H groups in total. The van der Waals surface area contributed by atoms with Crippen molar-refractivity contribution in [2.75, 3.05) is 0 Å². The first-order chi connectivity index (χ1) is 15.9. The Morgan fingerprint density at radius 2 is 1.74 bits per heavy atom. The number of hydrogen-bond donors (Lipinski definition) is 0. The van der Waals surface area contributed by atoms with Gasteiger partial charge in [-0.15, -0.1) is 0 Å². The van der Waals surface area contributed by atoms with Gasteiger partial charge in [-0.3, -0.25) is 0 Å². The summed E-state index contributed by atoms with van der Waals surface area (Å²) in [6.07, 6.45) is -2.39. The van der Waals surface area contributed by atoms with Crippen molar-refractivity contribution in [1.29, 1.82) is 0 Å². The molecule has 2 rings (SSSR count). The molecule has 1 atom stereocenters. The average molecular weight is 486 g/mol. The van der Waals surface area contributed by atoms with Crippen molar-refractivity contribution >= 4 is 0 Å². The molecule has 0 aliphatic rings. The van der Waals surface area contributed by atoms with E-state index in [2.05, 4.69) is 4.74 Å². The summed E-state index contributed by atoms with van der Waals surface area (Å²) in [4.78, 5) is 0. The molecule has 0 spiro atoms. The van der Waals surface area contributed by atoms with Crippen LogP contribution < -0.4 is 9.47 Å². The van der Waals surface area contributed by atoms with Gasteiger partial charge in [0, 0.05) is 12.0 Å². The molecule has 0 aliphatic heterocycles. The van der Waals surface area contributed by atoms with Crippen LogP contribution in [0.1, 0.15) is 57.6 Å². The van der Waals surface area contributed by atoms with E-state index in [0.29, 0.717) is 18.1 Å². The molecule has 0 saturated heterocycles. The van der Waals surface area contributed by atoms with Crippen molar-refractivity contribution in [3.8, 4) is 11.5 Å². The smallest absolute Gasteiger partial charge is 0.461 e. The van der Waals surface area contributed by atoms with Gasteiger partial charge in [0.15, 0.2) is 11.6 Å². The summed E-state index contributed by atoms with van der Waals surface area (Å²) in [6, 6.07) is 6.97. The van der Waals surface area contributed by atoms with Crippen LogP contribution >= 0.6 is 0 Å². The standard InChI is InChI=1S/C26H28F6O2/c1-5-6-7-8-17(4)11-22(18-9-10-23(28)24(14-18)33-16(2)3)19-12-20(27)15-21(13-19)34-26(31,32)25(29)30/h6-10,12-16,22,25H,5,11H2,1-4H3/b7-6-,17-8?/t22-/m1/s1. The van der Waals surface area contributed by atoms with Crippen molar-refractivity contribution in [1.82, 2.24) is 0 Å². The predicted molar refractivity (Wildman–Crippen MR) is 120 cm³/mol. The lowest BCUT2D eigenvalue weighted by molar-refractivity contribution is -0.253. The molecule has 0 heterocycles. The molecule has 0 saturated carbocycles. The lowest BCUT2D eigenvalue weighted by atomic mass is 9.85. The third-order valence-electron chi connectivity index (χ3n) is 4.80. The van der Waals surface area contributed by atoms with Crippen LogP contribution in [0.2, 0.25) is 0 Å². The summed E-state index contributed by atoms with van der Waals surface area (Å²) in [5.41, 5.74) is 1.60. The van der Waals surface area contributed by atoms with Crippen molar-refractivity contribution in [3.05, 3.63) is 83.0 Å². The molecule has 0 unspecified atom stereocenters. The highest BCUT2D eigenvalue weighted by molar-refractivity contribution is 5.42. The van der Waals surface area contributed by atoms with Crippen LogP contribution in [0.3, 0.4) is 0 Å². The molecular formula is C26H28F6O2. The molecule has 34 heavy (non-hydrogen) atoms. The molecule has 0 radical (unpaired) electrons. The first-order valence-corrected chi connectivity index (χ1v) is 10.9. The second-order valence-electron chi connectivity index (χ2n) is 8.15. The number of rotatable bonds is 11.